The summed E-state index contributed by atoms with van der Waals surface area (Å²) in [5.74, 6) is 1.98. The average molecular weight is 491 g/mol. The van der Waals surface area contributed by atoms with Gasteiger partial charge in [-0.15, -0.1) is 0 Å². The first-order chi connectivity index (χ1) is 16.5. The normalized spacial score (nSPS) is 37.1. The monoisotopic (exact) mass is 490 g/mol. The molecule has 0 saturated heterocycles. The lowest BCUT2D eigenvalue weighted by Crippen LogP contribution is -2.45. The molecule has 3 fully saturated rings. The smallest absolute Gasteiger partial charge is 0.114 e. The Balaban J connectivity index is 1.67. The largest absolute Gasteiger partial charge is 0.396 e. The lowest BCUT2D eigenvalue weighted by molar-refractivity contribution is -0.0968. The second-order valence-corrected chi connectivity index (χ2v) is 12.4. The molecule has 3 rings (SSSR count). The van der Waals surface area contributed by atoms with E-state index in [2.05, 4.69) is 32.6 Å². The maximum Gasteiger partial charge on any atom is 0.114 e. The van der Waals surface area contributed by atoms with Crippen LogP contribution in [-0.2, 0) is 4.74 Å². The van der Waals surface area contributed by atoms with Gasteiger partial charge in [-0.3, -0.25) is 0 Å². The van der Waals surface area contributed by atoms with Crippen molar-refractivity contribution in [1.82, 2.24) is 0 Å². The minimum atomic E-state index is -0.931. The van der Waals surface area contributed by atoms with Crippen molar-refractivity contribution in [2.75, 3.05) is 13.2 Å². The fraction of sp³-hybridized carbons (Fsp3) is 0.800. The van der Waals surface area contributed by atoms with Crippen LogP contribution in [0.5, 0.6) is 0 Å². The van der Waals surface area contributed by atoms with E-state index in [0.29, 0.717) is 42.3 Å². The van der Waals surface area contributed by atoms with Gasteiger partial charge in [0.25, 0.3) is 0 Å². The van der Waals surface area contributed by atoms with Crippen LogP contribution in [0, 0.1) is 23.2 Å². The van der Waals surface area contributed by atoms with Gasteiger partial charge in [0.15, 0.2) is 0 Å². The topological polar surface area (TPSA) is 90.2 Å². The van der Waals surface area contributed by atoms with Crippen molar-refractivity contribution in [2.24, 2.45) is 23.2 Å². The molecular weight excluding hydrogens is 440 g/mol. The van der Waals surface area contributed by atoms with E-state index in [9.17, 15) is 15.3 Å². The van der Waals surface area contributed by atoms with Crippen molar-refractivity contribution in [3.8, 4) is 0 Å². The highest BCUT2D eigenvalue weighted by Crippen LogP contribution is 2.60. The number of aliphatic hydroxyl groups excluding tert-OH is 3. The van der Waals surface area contributed by atoms with Gasteiger partial charge in [0, 0.05) is 19.6 Å². The van der Waals surface area contributed by atoms with Crippen molar-refractivity contribution >= 4 is 0 Å². The van der Waals surface area contributed by atoms with Crippen LogP contribution >= 0.6 is 0 Å². The Hall–Kier alpha value is -0.980. The Bertz CT molecular complexity index is 778. The molecule has 0 bridgehead atoms. The molecule has 0 heterocycles. The molecule has 0 amide bonds. The van der Waals surface area contributed by atoms with Crippen molar-refractivity contribution in [3.05, 3.63) is 35.5 Å². The zero-order valence-electron chi connectivity index (χ0n) is 22.5. The maximum absolute atomic E-state index is 10.7. The van der Waals surface area contributed by atoms with Crippen molar-refractivity contribution in [3.63, 3.8) is 0 Å². The summed E-state index contributed by atoms with van der Waals surface area (Å²) in [7, 11) is 0. The third-order valence-electron chi connectivity index (χ3n) is 9.17. The molecule has 5 heteroatoms. The molecule has 0 aromatic rings. The average Bonchev–Trinajstić information content (AvgIpc) is 3.14. The number of rotatable bonds is 10. The number of allylic oxidation sites excluding steroid dienone is 3. The summed E-state index contributed by atoms with van der Waals surface area (Å²) >= 11 is 0. The predicted octanol–water partition coefficient (Wildman–Crippen LogP) is 5.08. The van der Waals surface area contributed by atoms with Gasteiger partial charge in [0.1, 0.15) is 12.2 Å². The third kappa shape index (κ3) is 6.87. The first-order valence-electron chi connectivity index (χ1n) is 13.9. The summed E-state index contributed by atoms with van der Waals surface area (Å²) in [5.41, 5.74) is 2.79. The number of ether oxygens (including phenoxy) is 1. The van der Waals surface area contributed by atoms with Crippen LogP contribution in [0.15, 0.2) is 35.5 Å². The van der Waals surface area contributed by atoms with Gasteiger partial charge in [0.05, 0.1) is 11.7 Å². The summed E-state index contributed by atoms with van der Waals surface area (Å²) < 4.78 is 5.63. The molecule has 0 unspecified atom stereocenters. The van der Waals surface area contributed by atoms with Crippen LogP contribution < -0.4 is 0 Å². The van der Waals surface area contributed by atoms with E-state index >= 15 is 0 Å². The molecule has 0 aromatic carbocycles. The number of hydrogen-bond acceptors (Lipinski definition) is 5. The van der Waals surface area contributed by atoms with E-state index in [0.717, 1.165) is 30.8 Å². The maximum atomic E-state index is 10.7. The molecule has 0 radical (unpaired) electrons. The highest BCUT2D eigenvalue weighted by molar-refractivity contribution is 5.40. The predicted molar refractivity (Wildman–Crippen MR) is 141 cm³/mol. The summed E-state index contributed by atoms with van der Waals surface area (Å²) in [6.07, 6.45) is 12.1. The molecule has 5 nitrogen and oxygen atoms in total. The quantitative estimate of drug-likeness (QED) is 0.321. The Kier molecular flexibility index (Phi) is 9.84. The van der Waals surface area contributed by atoms with Gasteiger partial charge in [-0.25, -0.2) is 0 Å². The molecule has 4 N–H and O–H groups in total. The van der Waals surface area contributed by atoms with Gasteiger partial charge < -0.3 is 25.2 Å². The van der Waals surface area contributed by atoms with E-state index < -0.39 is 23.9 Å². The van der Waals surface area contributed by atoms with Crippen LogP contribution in [0.2, 0.25) is 0 Å². The Morgan fingerprint density at radius 1 is 1.20 bits per heavy atom. The second-order valence-electron chi connectivity index (χ2n) is 12.4. The summed E-state index contributed by atoms with van der Waals surface area (Å²) in [5, 5.41) is 40.4. The molecule has 200 valence electrons. The van der Waals surface area contributed by atoms with E-state index in [-0.39, 0.29) is 6.61 Å². The molecule has 3 saturated carbocycles. The van der Waals surface area contributed by atoms with Crippen LogP contribution in [0.3, 0.4) is 0 Å². The van der Waals surface area contributed by atoms with E-state index in [1.54, 1.807) is 0 Å². The van der Waals surface area contributed by atoms with Crippen LogP contribution in [-0.4, -0.2) is 57.6 Å². The lowest BCUT2D eigenvalue weighted by Gasteiger charge is -2.44. The highest BCUT2D eigenvalue weighted by atomic mass is 16.5. The Morgan fingerprint density at radius 2 is 1.94 bits per heavy atom. The van der Waals surface area contributed by atoms with Gasteiger partial charge in [-0.1, -0.05) is 51.0 Å². The molecule has 3 aliphatic carbocycles. The van der Waals surface area contributed by atoms with Crippen LogP contribution in [0.25, 0.3) is 0 Å². The van der Waals surface area contributed by atoms with Gasteiger partial charge in [-0.05, 0) is 93.1 Å². The fourth-order valence-corrected chi connectivity index (χ4v) is 7.21. The molecule has 35 heavy (non-hydrogen) atoms. The minimum absolute atomic E-state index is 0.0269. The second kappa shape index (κ2) is 12.0. The molecular formula is C30H50O5. The first-order valence-corrected chi connectivity index (χ1v) is 13.9. The van der Waals surface area contributed by atoms with Gasteiger partial charge in [0.2, 0.25) is 0 Å². The fourth-order valence-electron chi connectivity index (χ4n) is 7.21. The summed E-state index contributed by atoms with van der Waals surface area (Å²) in [4.78, 5) is 0. The standard InChI is InChI=1S/C30H50O5/c1-20(9-6-15-29(3,4)34)24-13-14-25-22(10-7-16-30(24,25)5)11-12-23-19-26(32)28(27(33)21(23)2)35-18-8-17-31/h11-12,20,24-28,31-34H,2,6-10,13-19H2,1,3-5H3/b22-11+,23-12-/t20-,24-,25-,26-,27-,28-,30-/m1/s1. The third-order valence-corrected chi connectivity index (χ3v) is 9.17. The summed E-state index contributed by atoms with van der Waals surface area (Å²) in [6.45, 7) is 13.2. The lowest BCUT2D eigenvalue weighted by atomic mass is 9.60. The Morgan fingerprint density at radius 3 is 2.63 bits per heavy atom. The van der Waals surface area contributed by atoms with Crippen LogP contribution in [0.4, 0.5) is 0 Å². The molecule has 0 spiro atoms. The molecule has 7 atom stereocenters. The van der Waals surface area contributed by atoms with Crippen molar-refractivity contribution in [1.29, 1.82) is 0 Å². The zero-order valence-corrected chi connectivity index (χ0v) is 22.5. The van der Waals surface area contributed by atoms with Crippen molar-refractivity contribution in [2.45, 2.75) is 116 Å². The van der Waals surface area contributed by atoms with E-state index in [4.69, 9.17) is 9.84 Å². The number of aliphatic hydroxyl groups is 4. The van der Waals surface area contributed by atoms with Crippen molar-refractivity contribution < 1.29 is 25.2 Å². The van der Waals surface area contributed by atoms with Gasteiger partial charge in [-0.2, -0.15) is 0 Å². The zero-order chi connectivity index (χ0) is 25.8. The number of hydrogen-bond donors (Lipinski definition) is 4. The van der Waals surface area contributed by atoms with Gasteiger partial charge >= 0.3 is 0 Å². The number of fused-ring (bicyclic) bond motifs is 1. The molecule has 3 aliphatic rings. The van der Waals surface area contributed by atoms with E-state index in [1.807, 2.05) is 13.8 Å². The summed E-state index contributed by atoms with van der Waals surface area (Å²) in [6, 6.07) is 0. The van der Waals surface area contributed by atoms with E-state index in [1.165, 1.54) is 37.7 Å². The minimum Gasteiger partial charge on any atom is -0.396 e. The highest BCUT2D eigenvalue weighted by Gasteiger charge is 2.50. The molecule has 0 aromatic heterocycles. The SMILES string of the molecule is C=C1/C(=C\C=C2/CCC[C@@]3(C)[C@@H]2CC[C@@H]3[C@H](C)CCCC(C)(C)O)C[C@@H](O)[C@@H](OCCCO)[C@@H]1O. The molecule has 0 aliphatic heterocycles. The first kappa shape index (κ1) is 28.6. The Labute approximate surface area is 213 Å². The van der Waals surface area contributed by atoms with Crippen LogP contribution in [0.1, 0.15) is 91.9 Å².